The van der Waals surface area contributed by atoms with Crippen molar-refractivity contribution in [3.05, 3.63) is 35.0 Å². The van der Waals surface area contributed by atoms with Crippen molar-refractivity contribution >= 4 is 23.9 Å². The number of aliphatic hydroxyl groups excluding tert-OH is 3. The van der Waals surface area contributed by atoms with Gasteiger partial charge in [-0.15, -0.1) is 0 Å². The summed E-state index contributed by atoms with van der Waals surface area (Å²) in [7, 11) is 7.17. The average Bonchev–Trinajstić information content (AvgIpc) is 4.20. The highest BCUT2D eigenvalue weighted by molar-refractivity contribution is 6.10. The fraction of sp³-hybridized carbons (Fsp3) is 0.818. The largest absolute Gasteiger partial charge is 0.510 e. The zero-order valence-electron chi connectivity index (χ0n) is 47.3. The third-order valence-electron chi connectivity index (χ3n) is 16.8. The highest BCUT2D eigenvalue weighted by atomic mass is 19.1. The molecule has 4 aliphatic heterocycles. The first-order valence-corrected chi connectivity index (χ1v) is 27.4. The van der Waals surface area contributed by atoms with E-state index in [0.29, 0.717) is 31.8 Å². The molecule has 0 amide bonds. The smallest absolute Gasteiger partial charge is 0.345 e. The van der Waals surface area contributed by atoms with Crippen molar-refractivity contribution in [1.29, 1.82) is 0 Å². The van der Waals surface area contributed by atoms with Crippen LogP contribution in [-0.2, 0) is 42.7 Å². The van der Waals surface area contributed by atoms with Gasteiger partial charge in [-0.05, 0) is 101 Å². The van der Waals surface area contributed by atoms with Crippen LogP contribution in [0.25, 0.3) is 0 Å². The number of nitrogens with one attached hydrogen (secondary N) is 1. The molecule has 0 spiro atoms. The number of aliphatic imine (C=N–C) groups is 1. The molecular weight excluding hydrogens is 990 g/mol. The van der Waals surface area contributed by atoms with E-state index in [2.05, 4.69) is 10.3 Å². The molecule has 21 heteroatoms. The third kappa shape index (κ3) is 14.0. The summed E-state index contributed by atoms with van der Waals surface area (Å²) in [6, 6.07) is -0.806. The van der Waals surface area contributed by atoms with Gasteiger partial charge in [0.05, 0.1) is 60.4 Å². The molecule has 0 aromatic rings. The Hall–Kier alpha value is -3.29. The van der Waals surface area contributed by atoms with Gasteiger partial charge in [-0.3, -0.25) is 9.79 Å². The predicted octanol–water partition coefficient (Wildman–Crippen LogP) is 3.48. The van der Waals surface area contributed by atoms with Crippen molar-refractivity contribution in [3.63, 3.8) is 0 Å². The second-order valence-corrected chi connectivity index (χ2v) is 23.5. The van der Waals surface area contributed by atoms with Crippen molar-refractivity contribution in [2.24, 2.45) is 28.7 Å². The van der Waals surface area contributed by atoms with Gasteiger partial charge in [0.1, 0.15) is 47.5 Å². The maximum absolute atomic E-state index is 15.3. The highest BCUT2D eigenvalue weighted by Crippen LogP contribution is 2.42. The van der Waals surface area contributed by atoms with Gasteiger partial charge in [-0.25, -0.2) is 9.18 Å². The minimum Gasteiger partial charge on any atom is -0.510 e. The number of fused-ring (bicyclic) bond motifs is 1. The number of methoxy groups -OCH3 is 1. The predicted molar refractivity (Wildman–Crippen MR) is 280 cm³/mol. The number of carboxylic acid groups (broad SMARTS) is 1. The maximum atomic E-state index is 15.3. The van der Waals surface area contributed by atoms with E-state index in [4.69, 9.17) is 33.2 Å². The first-order chi connectivity index (χ1) is 35.6. The summed E-state index contributed by atoms with van der Waals surface area (Å²) in [5.74, 6) is -6.00. The molecule has 0 aromatic carbocycles. The molecule has 2 unspecified atom stereocenters. The lowest BCUT2D eigenvalue weighted by molar-refractivity contribution is -0.494. The molecule has 6 rings (SSSR count). The van der Waals surface area contributed by atoms with Crippen molar-refractivity contribution in [2.75, 3.05) is 61.0 Å². The van der Waals surface area contributed by atoms with E-state index in [1.165, 1.54) is 19.2 Å². The first kappa shape index (κ1) is 61.9. The van der Waals surface area contributed by atoms with E-state index in [-0.39, 0.29) is 67.8 Å². The Kier molecular flexibility index (Phi) is 20.7. The number of cyclic esters (lactones) is 1. The lowest BCUT2D eigenvalue weighted by Gasteiger charge is -2.49. The van der Waals surface area contributed by atoms with Crippen molar-refractivity contribution in [3.8, 4) is 0 Å². The summed E-state index contributed by atoms with van der Waals surface area (Å²) in [5, 5.41) is 71.7. The molecule has 4 fully saturated rings. The third-order valence-corrected chi connectivity index (χ3v) is 16.8. The molecule has 20 nitrogen and oxygen atoms in total. The zero-order valence-corrected chi connectivity index (χ0v) is 47.3. The maximum Gasteiger partial charge on any atom is 0.345 e. The van der Waals surface area contributed by atoms with Gasteiger partial charge in [0.2, 0.25) is 0 Å². The second-order valence-electron chi connectivity index (χ2n) is 23.5. The number of nitrogens with zero attached hydrogens (tertiary/aromatic N) is 4. The number of hydrogen-bond donors (Lipinski definition) is 7. The van der Waals surface area contributed by atoms with Gasteiger partial charge in [0, 0.05) is 70.1 Å². The Labute approximate surface area is 448 Å². The van der Waals surface area contributed by atoms with Gasteiger partial charge in [-0.2, -0.15) is 4.58 Å². The summed E-state index contributed by atoms with van der Waals surface area (Å²) < 4.78 is 62.6. The van der Waals surface area contributed by atoms with Gasteiger partial charge < -0.3 is 78.9 Å². The molecule has 1 saturated carbocycles. The topological polar surface area (TPSA) is 254 Å². The average molecular weight is 1080 g/mol. The van der Waals surface area contributed by atoms with Crippen LogP contribution < -0.4 is 5.32 Å². The monoisotopic (exact) mass is 1080 g/mol. The molecule has 0 bridgehead atoms. The Morgan fingerprint density at radius 3 is 2.33 bits per heavy atom. The summed E-state index contributed by atoms with van der Waals surface area (Å²) in [4.78, 5) is 34.7. The highest BCUT2D eigenvalue weighted by Gasteiger charge is 2.54. The van der Waals surface area contributed by atoms with Gasteiger partial charge >= 0.3 is 11.9 Å². The van der Waals surface area contributed by atoms with Crippen molar-refractivity contribution in [1.82, 2.24) is 15.1 Å². The number of likely N-dealkylation sites (N-methyl/N-ethyl adjacent to an activating group) is 2. The summed E-state index contributed by atoms with van der Waals surface area (Å²) in [6.07, 6.45) is -2.31. The SMILES string of the molecule is CC[C@H]1OC(=O)[C@H](C)[C@@H](OC2C[C@@](C)(OC)[C@@H](OCCNCCN=C3C=C4C(C=C3F)C(O)=C(C(=O)O)C=[N+]4C3CC3)[C@H](C)O2)[C@H](C)[C@@H](O[C@@H]2O[C@H](C)C[C@H](N(C)C)[C@H]2O)[C@](C)(O)C[C@@H](C)CN(C)[C@H](C)[C@@H](O)[C@]1(C)O. The molecule has 19 atom stereocenters. The Morgan fingerprint density at radius 1 is 1.03 bits per heavy atom. The summed E-state index contributed by atoms with van der Waals surface area (Å²) in [5.41, 5.74) is -3.99. The minimum absolute atomic E-state index is 0.0836. The molecule has 0 aromatic heterocycles. The van der Waals surface area contributed by atoms with Gasteiger partial charge in [0.25, 0.3) is 0 Å². The number of aliphatic carboxylic acids is 1. The van der Waals surface area contributed by atoms with Crippen LogP contribution in [0.1, 0.15) is 108 Å². The standard InChI is InChI=1S/C55H90FN5O15/c1-15-42-55(10,69)47(64)33(6)60(13)27-29(2)25-53(8,68)48(76-52-45(63)41(59(11)12)22-30(3)72-52)31(4)46(32(5)51(67)74-42)75-43-26-54(9,70-14)49(34(7)73-43)71-21-20-57-18-19-58-39-24-40-36(23-38(39)56)44(62)37(50(65)66)28-61(40)35-16-17-35/h23-24,28-36,41-43,45-49,52,57,63-64,68-69H,15-22,25-27H2,1-14H3,(H,65,66)/p+1/t29-,30-,31+,32-,33-,34+,36?,41+,42-,43?,45-,46+,47-,48-,49+,52+,53-,54-,55-/m1/s1. The summed E-state index contributed by atoms with van der Waals surface area (Å²) in [6.45, 7) is 19.5. The number of carbonyl (C=O) groups excluding carboxylic acids is 1. The number of carboxylic acids is 1. The van der Waals surface area contributed by atoms with Crippen LogP contribution in [0.2, 0.25) is 0 Å². The number of halogens is 1. The Balaban J connectivity index is 1.18. The van der Waals surface area contributed by atoms with Crippen LogP contribution in [0.15, 0.2) is 40.0 Å². The van der Waals surface area contributed by atoms with Gasteiger partial charge in [-0.1, -0.05) is 20.8 Å². The molecule has 4 heterocycles. The number of carbonyl (C=O) groups is 2. The normalized spacial score (nSPS) is 42.1. The van der Waals surface area contributed by atoms with Crippen LogP contribution in [0.5, 0.6) is 0 Å². The fourth-order valence-corrected chi connectivity index (χ4v) is 12.1. The molecular formula is C55H91FN5O15+. The number of aliphatic hydroxyl groups is 5. The second kappa shape index (κ2) is 25.4. The Bertz CT molecular complexity index is 2180. The molecule has 0 radical (unpaired) electrons. The van der Waals surface area contributed by atoms with Crippen molar-refractivity contribution < 1.29 is 82.4 Å². The molecule has 3 saturated heterocycles. The zero-order chi connectivity index (χ0) is 56.4. The lowest BCUT2D eigenvalue weighted by Crippen LogP contribution is -2.61. The van der Waals surface area contributed by atoms with Crippen LogP contribution in [0.4, 0.5) is 4.39 Å². The lowest BCUT2D eigenvalue weighted by atomic mass is 9.77. The number of ether oxygens (including phenoxy) is 7. The van der Waals surface area contributed by atoms with E-state index in [1.807, 2.05) is 65.6 Å². The molecule has 6 aliphatic rings. The van der Waals surface area contributed by atoms with E-state index in [1.54, 1.807) is 45.5 Å². The molecule has 7 N–H and O–H groups in total. The number of hydrogen-bond acceptors (Lipinski definition) is 18. The summed E-state index contributed by atoms with van der Waals surface area (Å²) >= 11 is 0. The minimum atomic E-state index is -1.85. The van der Waals surface area contributed by atoms with E-state index < -0.39 is 119 Å². The Morgan fingerprint density at radius 2 is 1.71 bits per heavy atom. The molecule has 76 heavy (non-hydrogen) atoms. The van der Waals surface area contributed by atoms with Crippen LogP contribution in [0, 0.1) is 23.7 Å². The van der Waals surface area contributed by atoms with Crippen LogP contribution >= 0.6 is 0 Å². The van der Waals surface area contributed by atoms with Crippen LogP contribution in [0.3, 0.4) is 0 Å². The van der Waals surface area contributed by atoms with E-state index in [0.717, 1.165) is 12.8 Å². The van der Waals surface area contributed by atoms with E-state index >= 15 is 4.39 Å². The number of rotatable bonds is 16. The number of allylic oxidation sites excluding steroid dienone is 2. The van der Waals surface area contributed by atoms with Crippen molar-refractivity contribution in [2.45, 2.75) is 204 Å². The van der Waals surface area contributed by atoms with Crippen LogP contribution in [-0.4, -0.2) is 226 Å². The fourth-order valence-electron chi connectivity index (χ4n) is 12.1. The molecule has 2 aliphatic carbocycles. The quantitative estimate of drug-likeness (QED) is 0.0664. The number of esters is 1. The van der Waals surface area contributed by atoms with E-state index in [9.17, 15) is 40.2 Å². The first-order valence-electron chi connectivity index (χ1n) is 27.4. The molecule has 432 valence electrons. The van der Waals surface area contributed by atoms with Gasteiger partial charge in [0.15, 0.2) is 36.1 Å².